The number of hydrogen-bond acceptors (Lipinski definition) is 3. The molecule has 0 bridgehead atoms. The summed E-state index contributed by atoms with van der Waals surface area (Å²) in [7, 11) is 0. The number of nitro groups is 1. The van der Waals surface area contributed by atoms with Crippen LogP contribution in [0.15, 0.2) is 24.3 Å². The fourth-order valence-electron chi connectivity index (χ4n) is 3.80. The molecule has 0 N–H and O–H groups in total. The maximum Gasteiger partial charge on any atom is 0.270 e. The van der Waals surface area contributed by atoms with Crippen molar-refractivity contribution in [2.24, 2.45) is 5.92 Å². The van der Waals surface area contributed by atoms with Gasteiger partial charge in [0.2, 0.25) is 0 Å². The lowest BCUT2D eigenvalue weighted by Crippen LogP contribution is -2.49. The average molecular weight is 288 g/mol. The molecule has 1 aliphatic heterocycles. The van der Waals surface area contributed by atoms with Crippen LogP contribution in [-0.4, -0.2) is 28.3 Å². The third kappa shape index (κ3) is 2.77. The van der Waals surface area contributed by atoms with Gasteiger partial charge in [0.25, 0.3) is 11.6 Å². The van der Waals surface area contributed by atoms with Crippen LogP contribution in [0.1, 0.15) is 48.9 Å². The van der Waals surface area contributed by atoms with E-state index < -0.39 is 4.92 Å². The Morgan fingerprint density at radius 1 is 1.19 bits per heavy atom. The monoisotopic (exact) mass is 288 g/mol. The highest BCUT2D eigenvalue weighted by atomic mass is 16.6. The zero-order valence-corrected chi connectivity index (χ0v) is 12.0. The van der Waals surface area contributed by atoms with Crippen LogP contribution in [-0.2, 0) is 0 Å². The highest BCUT2D eigenvalue weighted by Crippen LogP contribution is 2.36. The molecule has 2 aliphatic rings. The molecule has 1 aliphatic carbocycles. The van der Waals surface area contributed by atoms with Gasteiger partial charge >= 0.3 is 0 Å². The summed E-state index contributed by atoms with van der Waals surface area (Å²) < 4.78 is 0. The van der Waals surface area contributed by atoms with Crippen LogP contribution in [0.25, 0.3) is 0 Å². The van der Waals surface area contributed by atoms with E-state index in [-0.39, 0.29) is 11.6 Å². The summed E-state index contributed by atoms with van der Waals surface area (Å²) in [6, 6.07) is 6.43. The SMILES string of the molecule is O=C(c1cccc([N+](=O)[O-])c1)N1CCC[C@H]2CCCC[C@@H]21. The van der Waals surface area contributed by atoms with E-state index in [2.05, 4.69) is 0 Å². The van der Waals surface area contributed by atoms with Crippen molar-refractivity contribution in [1.82, 2.24) is 4.90 Å². The highest BCUT2D eigenvalue weighted by molar-refractivity contribution is 5.95. The number of amides is 1. The smallest absolute Gasteiger partial charge is 0.270 e. The Bertz CT molecular complexity index is 556. The lowest BCUT2D eigenvalue weighted by Gasteiger charge is -2.44. The highest BCUT2D eigenvalue weighted by Gasteiger charge is 2.36. The number of non-ortho nitro benzene ring substituents is 1. The molecule has 0 spiro atoms. The zero-order chi connectivity index (χ0) is 14.8. The van der Waals surface area contributed by atoms with Gasteiger partial charge in [0.1, 0.15) is 0 Å². The molecule has 3 rings (SSSR count). The first kappa shape index (κ1) is 14.0. The number of benzene rings is 1. The largest absolute Gasteiger partial charge is 0.335 e. The fraction of sp³-hybridized carbons (Fsp3) is 0.562. The summed E-state index contributed by atoms with van der Waals surface area (Å²) in [6.45, 7) is 0.780. The van der Waals surface area contributed by atoms with Crippen molar-refractivity contribution in [2.75, 3.05) is 6.54 Å². The number of likely N-dealkylation sites (tertiary alicyclic amines) is 1. The molecule has 5 nitrogen and oxygen atoms in total. The van der Waals surface area contributed by atoms with Crippen molar-refractivity contribution >= 4 is 11.6 Å². The van der Waals surface area contributed by atoms with Crippen LogP contribution in [0.3, 0.4) is 0 Å². The number of carbonyl (C=O) groups excluding carboxylic acids is 1. The standard InChI is InChI=1S/C16H20N2O3/c19-16(13-6-3-8-14(11-13)18(20)21)17-10-4-7-12-5-1-2-9-15(12)17/h3,6,8,11-12,15H,1-2,4-5,7,9-10H2/t12-,15+/m1/s1. The Balaban J connectivity index is 1.83. The maximum absolute atomic E-state index is 12.7. The van der Waals surface area contributed by atoms with E-state index in [1.165, 1.54) is 37.8 Å². The Labute approximate surface area is 124 Å². The van der Waals surface area contributed by atoms with Crippen molar-refractivity contribution in [3.8, 4) is 0 Å². The van der Waals surface area contributed by atoms with E-state index in [0.29, 0.717) is 17.5 Å². The van der Waals surface area contributed by atoms with Gasteiger partial charge in [0.05, 0.1) is 4.92 Å². The zero-order valence-electron chi connectivity index (χ0n) is 12.0. The molecule has 2 fully saturated rings. The molecular weight excluding hydrogens is 268 g/mol. The van der Waals surface area contributed by atoms with Gasteiger partial charge in [-0.1, -0.05) is 18.9 Å². The first-order valence-electron chi connectivity index (χ1n) is 7.72. The van der Waals surface area contributed by atoms with E-state index >= 15 is 0 Å². The van der Waals surface area contributed by atoms with Crippen LogP contribution in [0.4, 0.5) is 5.69 Å². The van der Waals surface area contributed by atoms with E-state index in [4.69, 9.17) is 0 Å². The van der Waals surface area contributed by atoms with Gasteiger partial charge in [-0.05, 0) is 37.7 Å². The molecule has 1 saturated carbocycles. The third-order valence-electron chi connectivity index (χ3n) is 4.81. The van der Waals surface area contributed by atoms with Crippen LogP contribution in [0.5, 0.6) is 0 Å². The van der Waals surface area contributed by atoms with Gasteiger partial charge in [-0.15, -0.1) is 0 Å². The summed E-state index contributed by atoms with van der Waals surface area (Å²) >= 11 is 0. The number of nitro benzene ring substituents is 1. The van der Waals surface area contributed by atoms with Crippen LogP contribution in [0, 0.1) is 16.0 Å². The van der Waals surface area contributed by atoms with Crippen molar-refractivity contribution in [3.63, 3.8) is 0 Å². The van der Waals surface area contributed by atoms with Crippen LogP contribution in [0.2, 0.25) is 0 Å². The Hall–Kier alpha value is -1.91. The van der Waals surface area contributed by atoms with Gasteiger partial charge in [-0.3, -0.25) is 14.9 Å². The van der Waals surface area contributed by atoms with E-state index in [1.807, 2.05) is 4.90 Å². The molecule has 112 valence electrons. The topological polar surface area (TPSA) is 63.4 Å². The Morgan fingerprint density at radius 3 is 2.76 bits per heavy atom. The van der Waals surface area contributed by atoms with E-state index in [9.17, 15) is 14.9 Å². The minimum absolute atomic E-state index is 0.0157. The maximum atomic E-state index is 12.7. The molecule has 0 unspecified atom stereocenters. The number of hydrogen-bond donors (Lipinski definition) is 0. The van der Waals surface area contributed by atoms with Crippen molar-refractivity contribution in [1.29, 1.82) is 0 Å². The summed E-state index contributed by atoms with van der Waals surface area (Å²) in [4.78, 5) is 25.1. The lowest BCUT2D eigenvalue weighted by molar-refractivity contribution is -0.384. The van der Waals surface area contributed by atoms with Crippen molar-refractivity contribution in [2.45, 2.75) is 44.6 Å². The fourth-order valence-corrected chi connectivity index (χ4v) is 3.80. The van der Waals surface area contributed by atoms with Crippen LogP contribution >= 0.6 is 0 Å². The second kappa shape index (κ2) is 5.84. The van der Waals surface area contributed by atoms with Gasteiger partial charge < -0.3 is 4.90 Å². The number of carbonyl (C=O) groups is 1. The predicted molar refractivity (Wildman–Crippen MR) is 79.1 cm³/mol. The minimum Gasteiger partial charge on any atom is -0.335 e. The molecule has 1 aromatic carbocycles. The average Bonchev–Trinajstić information content (AvgIpc) is 2.53. The summed E-state index contributed by atoms with van der Waals surface area (Å²) in [5.74, 6) is 0.574. The van der Waals surface area contributed by atoms with Crippen molar-refractivity contribution in [3.05, 3.63) is 39.9 Å². The number of rotatable bonds is 2. The van der Waals surface area contributed by atoms with E-state index in [1.54, 1.807) is 12.1 Å². The molecule has 1 aromatic rings. The summed E-state index contributed by atoms with van der Waals surface area (Å²) in [6.07, 6.45) is 6.99. The Morgan fingerprint density at radius 2 is 1.95 bits per heavy atom. The molecule has 0 radical (unpaired) electrons. The second-order valence-corrected chi connectivity index (χ2v) is 6.06. The molecular formula is C16H20N2O3. The van der Waals surface area contributed by atoms with E-state index in [0.717, 1.165) is 19.4 Å². The number of nitrogens with zero attached hydrogens (tertiary/aromatic N) is 2. The van der Waals surface area contributed by atoms with Gasteiger partial charge in [0.15, 0.2) is 0 Å². The summed E-state index contributed by atoms with van der Waals surface area (Å²) in [5.41, 5.74) is 0.425. The van der Waals surface area contributed by atoms with Crippen LogP contribution < -0.4 is 0 Å². The summed E-state index contributed by atoms with van der Waals surface area (Å²) in [5, 5.41) is 10.9. The first-order valence-corrected chi connectivity index (χ1v) is 7.72. The first-order chi connectivity index (χ1) is 10.2. The van der Waals surface area contributed by atoms with Crippen molar-refractivity contribution < 1.29 is 9.72 Å². The molecule has 1 saturated heterocycles. The quantitative estimate of drug-likeness (QED) is 0.619. The molecule has 2 atom stereocenters. The molecule has 0 aromatic heterocycles. The van der Waals surface area contributed by atoms with Gasteiger partial charge in [-0.2, -0.15) is 0 Å². The predicted octanol–water partition coefficient (Wildman–Crippen LogP) is 3.39. The van der Waals surface area contributed by atoms with Gasteiger partial charge in [-0.25, -0.2) is 0 Å². The number of piperidine rings is 1. The molecule has 5 heteroatoms. The second-order valence-electron chi connectivity index (χ2n) is 6.06. The Kier molecular flexibility index (Phi) is 3.90. The van der Waals surface area contributed by atoms with Gasteiger partial charge in [0, 0.05) is 30.3 Å². The molecule has 1 heterocycles. The molecule has 1 amide bonds. The third-order valence-corrected chi connectivity index (χ3v) is 4.81. The lowest BCUT2D eigenvalue weighted by atomic mass is 9.78. The molecule has 21 heavy (non-hydrogen) atoms. The number of fused-ring (bicyclic) bond motifs is 1. The minimum atomic E-state index is -0.448. The normalized spacial score (nSPS) is 25.2.